The minimum atomic E-state index is -0.846. The zero-order valence-corrected chi connectivity index (χ0v) is 14.0. The minimum Gasteiger partial charge on any atom is -0.421 e. The first-order chi connectivity index (χ1) is 13.1. The van der Waals surface area contributed by atoms with Gasteiger partial charge in [-0.15, -0.1) is 10.2 Å². The van der Waals surface area contributed by atoms with Crippen LogP contribution in [0.3, 0.4) is 0 Å². The second-order valence-electron chi connectivity index (χ2n) is 5.70. The highest BCUT2D eigenvalue weighted by molar-refractivity contribution is 5.86. The molecule has 27 heavy (non-hydrogen) atoms. The zero-order valence-electron chi connectivity index (χ0n) is 14.0. The van der Waals surface area contributed by atoms with Gasteiger partial charge in [-0.2, -0.15) is 14.9 Å². The largest absolute Gasteiger partial charge is 0.421 e. The summed E-state index contributed by atoms with van der Waals surface area (Å²) >= 11 is 0. The van der Waals surface area contributed by atoms with E-state index in [-0.39, 0.29) is 17.8 Å². The van der Waals surface area contributed by atoms with Crippen LogP contribution < -0.4 is 10.1 Å². The van der Waals surface area contributed by atoms with Crippen molar-refractivity contribution in [3.8, 4) is 11.8 Å². The molecule has 0 aliphatic carbocycles. The Balaban J connectivity index is 1.51. The van der Waals surface area contributed by atoms with Crippen molar-refractivity contribution in [2.24, 2.45) is 0 Å². The maximum atomic E-state index is 13.7. The Hall–Kier alpha value is -3.70. The van der Waals surface area contributed by atoms with E-state index in [0.717, 1.165) is 18.2 Å². The van der Waals surface area contributed by atoms with Crippen LogP contribution in [0.5, 0.6) is 11.8 Å². The summed E-state index contributed by atoms with van der Waals surface area (Å²) in [5.41, 5.74) is 0.399. The van der Waals surface area contributed by atoms with Crippen molar-refractivity contribution >= 4 is 16.9 Å². The second kappa shape index (κ2) is 6.90. The molecule has 4 rings (SSSR count). The van der Waals surface area contributed by atoms with E-state index in [1.54, 1.807) is 0 Å². The van der Waals surface area contributed by atoms with E-state index in [4.69, 9.17) is 4.74 Å². The monoisotopic (exact) mass is 373 g/mol. The van der Waals surface area contributed by atoms with Gasteiger partial charge in [0.1, 0.15) is 5.82 Å². The van der Waals surface area contributed by atoms with Gasteiger partial charge < -0.3 is 10.1 Å². The van der Waals surface area contributed by atoms with E-state index < -0.39 is 11.6 Å². The van der Waals surface area contributed by atoms with Crippen LogP contribution in [0.25, 0.3) is 11.0 Å². The molecule has 4 aromatic rings. The van der Waals surface area contributed by atoms with Gasteiger partial charge >= 0.3 is 6.01 Å². The molecule has 0 saturated carbocycles. The standard InChI is InChI=1S/C15H13F2N9O/c1-8(6-26-20-7-19-25-26)21-13-10-5-18-15(22-14(10)24-23-13)27-12-3-2-9(16)4-11(12)17/h2-5,7-8H,6H2,1H3,(H2,18,21,22,23,24)/t8-/m0/s1. The van der Waals surface area contributed by atoms with Gasteiger partial charge in [-0.1, -0.05) is 0 Å². The molecule has 1 atom stereocenters. The molecule has 3 heterocycles. The summed E-state index contributed by atoms with van der Waals surface area (Å²) in [4.78, 5) is 9.64. The number of H-pyrrole nitrogens is 1. The number of hydrogen-bond donors (Lipinski definition) is 2. The lowest BCUT2D eigenvalue weighted by Gasteiger charge is -2.11. The van der Waals surface area contributed by atoms with Crippen LogP contribution in [0, 0.1) is 11.6 Å². The maximum Gasteiger partial charge on any atom is 0.324 e. The lowest BCUT2D eigenvalue weighted by atomic mass is 10.3. The molecule has 12 heteroatoms. The number of halogens is 2. The van der Waals surface area contributed by atoms with E-state index in [9.17, 15) is 8.78 Å². The van der Waals surface area contributed by atoms with E-state index >= 15 is 0 Å². The summed E-state index contributed by atoms with van der Waals surface area (Å²) in [5, 5.41) is 22.1. The van der Waals surface area contributed by atoms with E-state index in [1.165, 1.54) is 17.3 Å². The normalized spacial score (nSPS) is 12.3. The molecular weight excluding hydrogens is 360 g/mol. The molecule has 0 aliphatic heterocycles. The quantitative estimate of drug-likeness (QED) is 0.526. The van der Waals surface area contributed by atoms with Gasteiger partial charge in [0, 0.05) is 18.3 Å². The summed E-state index contributed by atoms with van der Waals surface area (Å²) in [6.07, 6.45) is 2.85. The van der Waals surface area contributed by atoms with Gasteiger partial charge in [-0.3, -0.25) is 5.10 Å². The molecule has 0 fully saturated rings. The molecule has 0 amide bonds. The van der Waals surface area contributed by atoms with Gasteiger partial charge in [0.25, 0.3) is 0 Å². The lowest BCUT2D eigenvalue weighted by molar-refractivity contribution is 0.409. The van der Waals surface area contributed by atoms with Crippen molar-refractivity contribution < 1.29 is 13.5 Å². The first kappa shape index (κ1) is 16.8. The van der Waals surface area contributed by atoms with Crippen LogP contribution in [0.2, 0.25) is 0 Å². The number of fused-ring (bicyclic) bond motifs is 1. The fourth-order valence-electron chi connectivity index (χ4n) is 2.40. The smallest absolute Gasteiger partial charge is 0.324 e. The highest BCUT2D eigenvalue weighted by Crippen LogP contribution is 2.25. The van der Waals surface area contributed by atoms with E-state index in [2.05, 4.69) is 40.9 Å². The van der Waals surface area contributed by atoms with Crippen LogP contribution in [-0.4, -0.2) is 46.4 Å². The summed E-state index contributed by atoms with van der Waals surface area (Å²) in [6, 6.07) is 2.83. The Labute approximate surface area is 150 Å². The van der Waals surface area contributed by atoms with Crippen molar-refractivity contribution in [2.75, 3.05) is 5.32 Å². The highest BCUT2D eigenvalue weighted by Gasteiger charge is 2.14. The third-order valence-corrected chi connectivity index (χ3v) is 3.60. The van der Waals surface area contributed by atoms with Crippen molar-refractivity contribution in [3.05, 3.63) is 42.4 Å². The number of ether oxygens (including phenoxy) is 1. The average Bonchev–Trinajstić information content (AvgIpc) is 3.27. The fourth-order valence-corrected chi connectivity index (χ4v) is 2.40. The fraction of sp³-hybridized carbons (Fsp3) is 0.200. The molecule has 10 nitrogen and oxygen atoms in total. The third kappa shape index (κ3) is 3.63. The first-order valence-electron chi connectivity index (χ1n) is 7.90. The molecule has 0 spiro atoms. The number of hydrogen-bond acceptors (Lipinski definition) is 8. The van der Waals surface area contributed by atoms with Crippen molar-refractivity contribution in [2.45, 2.75) is 19.5 Å². The van der Waals surface area contributed by atoms with Crippen LogP contribution in [0.4, 0.5) is 14.6 Å². The Morgan fingerprint density at radius 3 is 3.00 bits per heavy atom. The minimum absolute atomic E-state index is 0.0464. The molecule has 0 aliphatic rings. The number of aromatic nitrogens is 8. The van der Waals surface area contributed by atoms with Gasteiger partial charge in [0.2, 0.25) is 0 Å². The maximum absolute atomic E-state index is 13.7. The number of nitrogens with one attached hydrogen (secondary N) is 2. The van der Waals surface area contributed by atoms with Gasteiger partial charge in [0.15, 0.2) is 29.4 Å². The summed E-state index contributed by atoms with van der Waals surface area (Å²) in [5.74, 6) is -1.18. The Morgan fingerprint density at radius 2 is 2.22 bits per heavy atom. The lowest BCUT2D eigenvalue weighted by Crippen LogP contribution is -2.23. The Morgan fingerprint density at radius 1 is 1.33 bits per heavy atom. The van der Waals surface area contributed by atoms with Crippen LogP contribution in [-0.2, 0) is 6.54 Å². The molecule has 3 aromatic heterocycles. The predicted octanol–water partition coefficient (Wildman–Crippen LogP) is 1.91. The van der Waals surface area contributed by atoms with Crippen LogP contribution in [0.15, 0.2) is 30.7 Å². The number of benzene rings is 1. The molecule has 0 radical (unpaired) electrons. The number of aromatic amines is 1. The Bertz CT molecular complexity index is 1070. The average molecular weight is 373 g/mol. The number of rotatable bonds is 6. The molecule has 0 saturated heterocycles. The molecule has 138 valence electrons. The summed E-state index contributed by atoms with van der Waals surface area (Å²) in [6.45, 7) is 2.42. The first-order valence-corrected chi connectivity index (χ1v) is 7.90. The van der Waals surface area contributed by atoms with Crippen molar-refractivity contribution in [1.29, 1.82) is 0 Å². The van der Waals surface area contributed by atoms with Crippen molar-refractivity contribution in [3.63, 3.8) is 0 Å². The van der Waals surface area contributed by atoms with Gasteiger partial charge in [0.05, 0.1) is 11.9 Å². The molecule has 0 bridgehead atoms. The SMILES string of the molecule is C[C@@H](Cn1ncnn1)Nc1n[nH]c2nc(Oc3ccc(F)cc3F)ncc12. The second-order valence-corrected chi connectivity index (χ2v) is 5.70. The van der Waals surface area contributed by atoms with Gasteiger partial charge in [-0.25, -0.2) is 13.8 Å². The van der Waals surface area contributed by atoms with E-state index in [1.807, 2.05) is 6.92 Å². The number of anilines is 1. The molecule has 0 unspecified atom stereocenters. The van der Waals surface area contributed by atoms with Gasteiger partial charge in [-0.05, 0) is 24.3 Å². The topological polar surface area (TPSA) is 119 Å². The predicted molar refractivity (Wildman–Crippen MR) is 89.0 cm³/mol. The number of tetrazole rings is 1. The number of nitrogens with zero attached hydrogens (tertiary/aromatic N) is 7. The molecular formula is C15H13F2N9O. The van der Waals surface area contributed by atoms with Crippen LogP contribution >= 0.6 is 0 Å². The highest BCUT2D eigenvalue weighted by atomic mass is 19.1. The summed E-state index contributed by atoms with van der Waals surface area (Å²) in [7, 11) is 0. The summed E-state index contributed by atoms with van der Waals surface area (Å²) < 4.78 is 31.9. The third-order valence-electron chi connectivity index (χ3n) is 3.60. The van der Waals surface area contributed by atoms with Crippen molar-refractivity contribution in [1.82, 2.24) is 40.4 Å². The van der Waals surface area contributed by atoms with E-state index in [0.29, 0.717) is 23.4 Å². The Kier molecular flexibility index (Phi) is 4.28. The van der Waals surface area contributed by atoms with Crippen LogP contribution in [0.1, 0.15) is 6.92 Å². The molecule has 2 N–H and O–H groups in total. The zero-order chi connectivity index (χ0) is 18.8. The molecule has 1 aromatic carbocycles.